The molecule has 0 heterocycles. The summed E-state index contributed by atoms with van der Waals surface area (Å²) in [6.07, 6.45) is -13.3. The number of Topliss-reactive ketones (excluding diaryl/α,β-unsaturated/α-hetero) is 1. The van der Waals surface area contributed by atoms with Gasteiger partial charge in [0.15, 0.2) is 17.8 Å². The van der Waals surface area contributed by atoms with E-state index in [1.165, 1.54) is 6.07 Å². The average Bonchev–Trinajstić information content (AvgIpc) is 3.53. The summed E-state index contributed by atoms with van der Waals surface area (Å²) in [4.78, 5) is 37.7. The number of anilines is 2. The molecular formula is C29H18Cl3F9N2O3. The molecule has 1 aliphatic rings. The molecule has 1 aliphatic carbocycles. The monoisotopic (exact) mass is 718 g/mol. The molecule has 0 spiro atoms. The fraction of sp³-hybridized carbons (Fsp3) is 0.276. The summed E-state index contributed by atoms with van der Waals surface area (Å²) >= 11 is 18.4. The van der Waals surface area contributed by atoms with Crippen LogP contribution in [0.4, 0.5) is 50.9 Å². The molecule has 46 heavy (non-hydrogen) atoms. The molecule has 2 amide bonds. The van der Waals surface area contributed by atoms with E-state index < -0.39 is 98.3 Å². The van der Waals surface area contributed by atoms with E-state index in [9.17, 15) is 53.9 Å². The Bertz CT molecular complexity index is 1690. The van der Waals surface area contributed by atoms with Gasteiger partial charge < -0.3 is 10.6 Å². The molecule has 0 aromatic heterocycles. The molecule has 246 valence electrons. The van der Waals surface area contributed by atoms with Gasteiger partial charge in [0.2, 0.25) is 5.91 Å². The number of alkyl halides is 9. The SMILES string of the molecule is CC(F)C(=O)Cc1c(F)ccc(NC(=O)c2cc(NC(=O)[C@H]3[C@H](c4cc(C(F)(F)F)cc(C(F)(F)F)c4)C3(Cl)Cl)ccc2Cl)c1F. The molecule has 5 nitrogen and oxygen atoms in total. The zero-order valence-corrected chi connectivity index (χ0v) is 25.1. The van der Waals surface area contributed by atoms with Crippen LogP contribution in [-0.2, 0) is 28.4 Å². The minimum atomic E-state index is -5.16. The fourth-order valence-electron chi connectivity index (χ4n) is 4.58. The molecule has 3 aromatic rings. The van der Waals surface area contributed by atoms with Crippen molar-refractivity contribution in [2.75, 3.05) is 10.6 Å². The lowest BCUT2D eigenvalue weighted by Gasteiger charge is -2.14. The van der Waals surface area contributed by atoms with Crippen molar-refractivity contribution in [3.63, 3.8) is 0 Å². The first kappa shape index (κ1) is 35.4. The van der Waals surface area contributed by atoms with Crippen molar-refractivity contribution in [2.45, 2.75) is 42.1 Å². The second-order valence-corrected chi connectivity index (χ2v) is 12.1. The molecule has 1 unspecified atom stereocenters. The number of nitrogens with one attached hydrogen (secondary N) is 2. The van der Waals surface area contributed by atoms with Gasteiger partial charge in [-0.3, -0.25) is 14.4 Å². The summed E-state index contributed by atoms with van der Waals surface area (Å²) in [5, 5.41) is 4.20. The Morgan fingerprint density at radius 3 is 2.02 bits per heavy atom. The quantitative estimate of drug-likeness (QED) is 0.181. The third kappa shape index (κ3) is 7.39. The Morgan fingerprint density at radius 2 is 1.48 bits per heavy atom. The molecule has 4 rings (SSSR count). The van der Waals surface area contributed by atoms with Gasteiger partial charge in [0, 0.05) is 23.6 Å². The lowest BCUT2D eigenvalue weighted by Crippen LogP contribution is -2.19. The summed E-state index contributed by atoms with van der Waals surface area (Å²) in [6, 6.07) is 5.61. The molecule has 1 fully saturated rings. The summed E-state index contributed by atoms with van der Waals surface area (Å²) < 4.78 is 120. The number of carbonyl (C=O) groups is 3. The van der Waals surface area contributed by atoms with Crippen LogP contribution in [0.2, 0.25) is 5.02 Å². The lowest BCUT2D eigenvalue weighted by atomic mass is 10.0. The van der Waals surface area contributed by atoms with Crippen LogP contribution in [0, 0.1) is 17.6 Å². The molecule has 0 bridgehead atoms. The number of ketones is 1. The van der Waals surface area contributed by atoms with Crippen LogP contribution in [0.25, 0.3) is 0 Å². The molecule has 17 heteroatoms. The minimum absolute atomic E-state index is 0.0892. The van der Waals surface area contributed by atoms with Gasteiger partial charge in [-0.1, -0.05) is 11.6 Å². The van der Waals surface area contributed by atoms with E-state index in [0.717, 1.165) is 31.2 Å². The van der Waals surface area contributed by atoms with Crippen molar-refractivity contribution in [1.82, 2.24) is 0 Å². The van der Waals surface area contributed by atoms with E-state index in [1.807, 2.05) is 0 Å². The Balaban J connectivity index is 1.56. The maximum Gasteiger partial charge on any atom is 0.416 e. The number of halogens is 12. The maximum atomic E-state index is 14.9. The highest BCUT2D eigenvalue weighted by Gasteiger charge is 2.68. The highest BCUT2D eigenvalue weighted by atomic mass is 35.5. The number of hydrogen-bond donors (Lipinski definition) is 2. The molecule has 3 aromatic carbocycles. The largest absolute Gasteiger partial charge is 0.416 e. The molecular weight excluding hydrogens is 702 g/mol. The maximum absolute atomic E-state index is 14.9. The van der Waals surface area contributed by atoms with Gasteiger partial charge in [-0.2, -0.15) is 26.3 Å². The second-order valence-electron chi connectivity index (χ2n) is 10.3. The fourth-order valence-corrected chi connectivity index (χ4v) is 5.62. The Kier molecular flexibility index (Phi) is 9.69. The first-order valence-electron chi connectivity index (χ1n) is 12.9. The molecule has 2 N–H and O–H groups in total. The third-order valence-corrected chi connectivity index (χ3v) is 8.28. The lowest BCUT2D eigenvalue weighted by molar-refractivity contribution is -0.143. The van der Waals surface area contributed by atoms with Gasteiger partial charge in [-0.05, 0) is 61.0 Å². The predicted octanol–water partition coefficient (Wildman–Crippen LogP) is 8.90. The van der Waals surface area contributed by atoms with Crippen LogP contribution in [0.15, 0.2) is 48.5 Å². The highest BCUT2D eigenvalue weighted by Crippen LogP contribution is 2.65. The van der Waals surface area contributed by atoms with Crippen molar-refractivity contribution < 1.29 is 53.9 Å². The van der Waals surface area contributed by atoms with Crippen molar-refractivity contribution in [3.05, 3.63) is 93.0 Å². The van der Waals surface area contributed by atoms with E-state index in [1.54, 1.807) is 0 Å². The zero-order valence-electron chi connectivity index (χ0n) is 22.8. The van der Waals surface area contributed by atoms with E-state index >= 15 is 0 Å². The summed E-state index contributed by atoms with van der Waals surface area (Å²) in [7, 11) is 0. The summed E-state index contributed by atoms with van der Waals surface area (Å²) in [5.41, 5.74) is -5.78. The Hall–Kier alpha value is -3.49. The third-order valence-electron chi connectivity index (χ3n) is 7.01. The minimum Gasteiger partial charge on any atom is -0.326 e. The molecule has 3 atom stereocenters. The van der Waals surface area contributed by atoms with Crippen LogP contribution in [0.1, 0.15) is 45.5 Å². The van der Waals surface area contributed by atoms with Crippen LogP contribution < -0.4 is 10.6 Å². The Labute approximate surface area is 269 Å². The van der Waals surface area contributed by atoms with Crippen LogP contribution in [-0.4, -0.2) is 28.1 Å². The Morgan fingerprint density at radius 1 is 0.891 bits per heavy atom. The number of benzene rings is 3. The first-order chi connectivity index (χ1) is 21.1. The van der Waals surface area contributed by atoms with Crippen LogP contribution >= 0.6 is 34.8 Å². The average molecular weight is 720 g/mol. The molecule has 1 saturated carbocycles. The van der Waals surface area contributed by atoms with Crippen LogP contribution in [0.5, 0.6) is 0 Å². The van der Waals surface area contributed by atoms with Gasteiger partial charge in [0.05, 0.1) is 33.3 Å². The van der Waals surface area contributed by atoms with Crippen molar-refractivity contribution in [1.29, 1.82) is 0 Å². The summed E-state index contributed by atoms with van der Waals surface area (Å²) in [6.45, 7) is 0.885. The highest BCUT2D eigenvalue weighted by molar-refractivity contribution is 6.53. The molecule has 0 radical (unpaired) electrons. The standard InChI is InChI=1S/C29H18Cl3F9N2O3/c1-11(33)21(44)10-17-19(34)4-5-20(24(17)35)43-25(45)16-9-15(2-3-18(16)30)42-26(46)23-22(27(23,31)32)12-6-13(28(36,37)38)8-14(7-12)29(39,40)41/h2-9,11,22-23H,10H2,1H3,(H,42,46)(H,43,45)/t11?,22-,23+/m0/s1. The van der Waals surface area contributed by atoms with Crippen molar-refractivity contribution in [3.8, 4) is 0 Å². The number of hydrogen-bond acceptors (Lipinski definition) is 3. The van der Waals surface area contributed by atoms with Crippen molar-refractivity contribution >= 4 is 63.8 Å². The van der Waals surface area contributed by atoms with Gasteiger partial charge in [-0.25, -0.2) is 13.2 Å². The normalized spacial score (nSPS) is 18.1. The van der Waals surface area contributed by atoms with E-state index in [2.05, 4.69) is 10.6 Å². The van der Waals surface area contributed by atoms with Gasteiger partial charge in [0.1, 0.15) is 10.2 Å². The van der Waals surface area contributed by atoms with Crippen LogP contribution in [0.3, 0.4) is 0 Å². The topological polar surface area (TPSA) is 75.3 Å². The number of carbonyl (C=O) groups excluding carboxylic acids is 3. The number of amides is 2. The molecule has 0 saturated heterocycles. The van der Waals surface area contributed by atoms with Crippen molar-refractivity contribution in [2.24, 2.45) is 5.92 Å². The first-order valence-corrected chi connectivity index (χ1v) is 14.0. The van der Waals surface area contributed by atoms with E-state index in [4.69, 9.17) is 34.8 Å². The smallest absolute Gasteiger partial charge is 0.326 e. The summed E-state index contributed by atoms with van der Waals surface area (Å²) in [5.74, 6) is -8.77. The molecule has 0 aliphatic heterocycles. The number of rotatable bonds is 8. The van der Waals surface area contributed by atoms with E-state index in [-0.39, 0.29) is 22.3 Å². The zero-order chi connectivity index (χ0) is 34.5. The van der Waals surface area contributed by atoms with Gasteiger partial charge in [0.25, 0.3) is 5.91 Å². The van der Waals surface area contributed by atoms with Gasteiger partial charge in [-0.15, -0.1) is 23.2 Å². The van der Waals surface area contributed by atoms with Gasteiger partial charge >= 0.3 is 12.4 Å². The predicted molar refractivity (Wildman–Crippen MR) is 151 cm³/mol. The van der Waals surface area contributed by atoms with E-state index in [0.29, 0.717) is 12.1 Å². The second kappa shape index (κ2) is 12.6.